The number of hydrogen-bond acceptors (Lipinski definition) is 5. The average molecular weight is 361 g/mol. The van der Waals surface area contributed by atoms with Gasteiger partial charge in [-0.15, -0.1) is 0 Å². The van der Waals surface area contributed by atoms with E-state index in [0.29, 0.717) is 19.2 Å². The lowest BCUT2D eigenvalue weighted by Crippen LogP contribution is -2.59. The van der Waals surface area contributed by atoms with Crippen LogP contribution in [-0.2, 0) is 9.47 Å². The molecule has 0 radical (unpaired) electrons. The maximum Gasteiger partial charge on any atom is 0.412 e. The Morgan fingerprint density at radius 3 is 2.81 bits per heavy atom. The number of anilines is 1. The third-order valence-corrected chi connectivity index (χ3v) is 5.18. The standard InChI is InChI=1S/C20H31N3O3/c1-5-16-12-20(14-23(13-16)17-8-6-7-10-21-17)9-11-22(15-25-20)18(24)26-19(2,3)4/h6-8,10,16H,5,9,11-15H2,1-4H3. The predicted molar refractivity (Wildman–Crippen MR) is 101 cm³/mol. The van der Waals surface area contributed by atoms with E-state index in [9.17, 15) is 4.79 Å². The van der Waals surface area contributed by atoms with Crippen molar-refractivity contribution in [2.24, 2.45) is 5.92 Å². The van der Waals surface area contributed by atoms with Gasteiger partial charge in [-0.3, -0.25) is 4.90 Å². The van der Waals surface area contributed by atoms with Crippen LogP contribution in [0, 0.1) is 5.92 Å². The van der Waals surface area contributed by atoms with Crippen molar-refractivity contribution in [2.45, 2.75) is 58.2 Å². The smallest absolute Gasteiger partial charge is 0.412 e. The monoisotopic (exact) mass is 361 g/mol. The van der Waals surface area contributed by atoms with E-state index >= 15 is 0 Å². The highest BCUT2D eigenvalue weighted by atomic mass is 16.6. The van der Waals surface area contributed by atoms with Crippen molar-refractivity contribution in [3.63, 3.8) is 0 Å². The molecule has 1 spiro atoms. The van der Waals surface area contributed by atoms with Gasteiger partial charge in [-0.2, -0.15) is 0 Å². The molecule has 2 atom stereocenters. The second-order valence-electron chi connectivity index (χ2n) is 8.50. The van der Waals surface area contributed by atoms with E-state index in [0.717, 1.165) is 38.2 Å². The van der Waals surface area contributed by atoms with Gasteiger partial charge < -0.3 is 14.4 Å². The summed E-state index contributed by atoms with van der Waals surface area (Å²) >= 11 is 0. The third-order valence-electron chi connectivity index (χ3n) is 5.18. The van der Waals surface area contributed by atoms with E-state index in [4.69, 9.17) is 9.47 Å². The molecule has 2 fully saturated rings. The minimum Gasteiger partial charge on any atom is -0.444 e. The van der Waals surface area contributed by atoms with Gasteiger partial charge >= 0.3 is 6.09 Å². The molecule has 1 amide bonds. The molecule has 0 aromatic carbocycles. The molecule has 6 nitrogen and oxygen atoms in total. The van der Waals surface area contributed by atoms with E-state index in [1.54, 1.807) is 4.90 Å². The first-order chi connectivity index (χ1) is 12.3. The average Bonchev–Trinajstić information content (AvgIpc) is 2.61. The van der Waals surface area contributed by atoms with E-state index < -0.39 is 5.60 Å². The van der Waals surface area contributed by atoms with E-state index in [-0.39, 0.29) is 11.7 Å². The number of aromatic nitrogens is 1. The van der Waals surface area contributed by atoms with Gasteiger partial charge in [0.15, 0.2) is 0 Å². The third kappa shape index (κ3) is 4.47. The number of carbonyl (C=O) groups is 1. The molecule has 0 aliphatic carbocycles. The molecular formula is C20H31N3O3. The van der Waals surface area contributed by atoms with Crippen LogP contribution in [0.1, 0.15) is 47.0 Å². The lowest BCUT2D eigenvalue weighted by atomic mass is 9.81. The Bertz CT molecular complexity index is 606. The molecule has 6 heteroatoms. The summed E-state index contributed by atoms with van der Waals surface area (Å²) in [4.78, 5) is 20.8. The molecule has 3 heterocycles. The van der Waals surface area contributed by atoms with Crippen molar-refractivity contribution < 1.29 is 14.3 Å². The lowest BCUT2D eigenvalue weighted by Gasteiger charge is -2.49. The SMILES string of the molecule is CCC1CN(c2ccccn2)CC2(CCN(C(=O)OC(C)(C)C)CO2)C1. The predicted octanol–water partition coefficient (Wildman–Crippen LogP) is 3.67. The molecule has 144 valence electrons. The lowest BCUT2D eigenvalue weighted by molar-refractivity contribution is -0.145. The highest BCUT2D eigenvalue weighted by molar-refractivity contribution is 5.68. The molecule has 1 aromatic heterocycles. The van der Waals surface area contributed by atoms with Crippen molar-refractivity contribution >= 4 is 11.9 Å². The van der Waals surface area contributed by atoms with Crippen LogP contribution in [0.3, 0.4) is 0 Å². The summed E-state index contributed by atoms with van der Waals surface area (Å²) in [6, 6.07) is 6.02. The molecule has 2 unspecified atom stereocenters. The van der Waals surface area contributed by atoms with E-state index in [1.807, 2.05) is 39.1 Å². The molecule has 2 aliphatic rings. The van der Waals surface area contributed by atoms with E-state index in [2.05, 4.69) is 22.9 Å². The summed E-state index contributed by atoms with van der Waals surface area (Å²) in [5.74, 6) is 1.57. The minimum atomic E-state index is -0.486. The molecule has 0 N–H and O–H groups in total. The quantitative estimate of drug-likeness (QED) is 0.804. The summed E-state index contributed by atoms with van der Waals surface area (Å²) in [6.45, 7) is 10.7. The van der Waals surface area contributed by atoms with Crippen LogP contribution in [0.5, 0.6) is 0 Å². The highest BCUT2D eigenvalue weighted by Crippen LogP contribution is 2.37. The maximum absolute atomic E-state index is 12.3. The minimum absolute atomic E-state index is 0.213. The van der Waals surface area contributed by atoms with Crippen LogP contribution >= 0.6 is 0 Å². The number of ether oxygens (including phenoxy) is 2. The summed E-state index contributed by atoms with van der Waals surface area (Å²) in [7, 11) is 0. The molecular weight excluding hydrogens is 330 g/mol. The van der Waals surface area contributed by atoms with E-state index in [1.165, 1.54) is 0 Å². The Kier molecular flexibility index (Phi) is 5.42. The van der Waals surface area contributed by atoms with Crippen molar-refractivity contribution in [1.29, 1.82) is 0 Å². The number of rotatable bonds is 2. The van der Waals surface area contributed by atoms with Crippen molar-refractivity contribution in [3.8, 4) is 0 Å². The van der Waals surface area contributed by atoms with Crippen molar-refractivity contribution in [1.82, 2.24) is 9.88 Å². The topological polar surface area (TPSA) is 54.9 Å². The fourth-order valence-corrected chi connectivity index (χ4v) is 3.81. The number of pyridine rings is 1. The Morgan fingerprint density at radius 2 is 2.23 bits per heavy atom. The van der Waals surface area contributed by atoms with Gasteiger partial charge in [0.25, 0.3) is 0 Å². The van der Waals surface area contributed by atoms with Crippen molar-refractivity contribution in [2.75, 3.05) is 31.3 Å². The Balaban J connectivity index is 1.67. The summed E-state index contributed by atoms with van der Waals surface area (Å²) in [5, 5.41) is 0. The van der Waals surface area contributed by atoms with Gasteiger partial charge in [-0.25, -0.2) is 9.78 Å². The Labute approximate surface area is 156 Å². The molecule has 1 aromatic rings. The first-order valence-corrected chi connectivity index (χ1v) is 9.58. The molecule has 2 saturated heterocycles. The second kappa shape index (κ2) is 7.43. The summed E-state index contributed by atoms with van der Waals surface area (Å²) < 4.78 is 11.8. The second-order valence-corrected chi connectivity index (χ2v) is 8.50. The van der Waals surface area contributed by atoms with Crippen LogP contribution in [0.25, 0.3) is 0 Å². The molecule has 26 heavy (non-hydrogen) atoms. The Morgan fingerprint density at radius 1 is 1.42 bits per heavy atom. The molecule has 2 aliphatic heterocycles. The zero-order valence-electron chi connectivity index (χ0n) is 16.4. The van der Waals surface area contributed by atoms with Crippen molar-refractivity contribution in [3.05, 3.63) is 24.4 Å². The molecule has 0 saturated carbocycles. The maximum atomic E-state index is 12.3. The first-order valence-electron chi connectivity index (χ1n) is 9.58. The highest BCUT2D eigenvalue weighted by Gasteiger charge is 2.44. The van der Waals surface area contributed by atoms with Crippen LogP contribution in [0.2, 0.25) is 0 Å². The number of nitrogens with zero attached hydrogens (tertiary/aromatic N) is 3. The number of amides is 1. The summed E-state index contributed by atoms with van der Waals surface area (Å²) in [6.07, 6.45) is 4.52. The zero-order chi connectivity index (χ0) is 18.8. The number of piperidine rings is 1. The Hall–Kier alpha value is -1.82. The van der Waals surface area contributed by atoms with Crippen LogP contribution < -0.4 is 4.90 Å². The number of hydrogen-bond donors (Lipinski definition) is 0. The van der Waals surface area contributed by atoms with Gasteiger partial charge in [0.2, 0.25) is 0 Å². The van der Waals surface area contributed by atoms with Gasteiger partial charge in [0.05, 0.1) is 5.60 Å². The largest absolute Gasteiger partial charge is 0.444 e. The number of carbonyl (C=O) groups excluding carboxylic acids is 1. The van der Waals surface area contributed by atoms with Gasteiger partial charge in [-0.1, -0.05) is 19.4 Å². The fourth-order valence-electron chi connectivity index (χ4n) is 3.81. The van der Waals surface area contributed by atoms with Crippen LogP contribution in [0.15, 0.2) is 24.4 Å². The molecule has 3 rings (SSSR count). The zero-order valence-corrected chi connectivity index (χ0v) is 16.4. The summed E-state index contributed by atoms with van der Waals surface area (Å²) in [5.41, 5.74) is -0.699. The van der Waals surface area contributed by atoms with Gasteiger partial charge in [-0.05, 0) is 51.7 Å². The van der Waals surface area contributed by atoms with Gasteiger partial charge in [0, 0.05) is 25.8 Å². The fraction of sp³-hybridized carbons (Fsp3) is 0.700. The normalized spacial score (nSPS) is 26.8. The molecule has 0 bridgehead atoms. The van der Waals surface area contributed by atoms with Crippen LogP contribution in [-0.4, -0.2) is 53.5 Å². The first kappa shape index (κ1) is 19.0. The van der Waals surface area contributed by atoms with Crippen LogP contribution in [0.4, 0.5) is 10.6 Å². The van der Waals surface area contributed by atoms with Gasteiger partial charge in [0.1, 0.15) is 18.1 Å².